The van der Waals surface area contributed by atoms with Crippen LogP contribution in [0.1, 0.15) is 27.5 Å². The van der Waals surface area contributed by atoms with E-state index in [0.717, 1.165) is 11.1 Å². The second-order valence-electron chi connectivity index (χ2n) is 6.10. The van der Waals surface area contributed by atoms with Gasteiger partial charge in [0.1, 0.15) is 6.04 Å². The van der Waals surface area contributed by atoms with Crippen molar-refractivity contribution in [3.8, 4) is 0 Å². The number of amides is 1. The van der Waals surface area contributed by atoms with E-state index in [0.29, 0.717) is 15.6 Å². The maximum absolute atomic E-state index is 13.0. The van der Waals surface area contributed by atoms with E-state index in [9.17, 15) is 9.59 Å². The summed E-state index contributed by atoms with van der Waals surface area (Å²) in [4.78, 5) is 25.6. The predicted octanol–water partition coefficient (Wildman–Crippen LogP) is 5.28. The van der Waals surface area contributed by atoms with E-state index < -0.39 is 6.04 Å². The molecule has 3 rings (SSSR count). The van der Waals surface area contributed by atoms with E-state index in [2.05, 4.69) is 5.32 Å². The average molecular weight is 398 g/mol. The summed E-state index contributed by atoms with van der Waals surface area (Å²) in [5, 5.41) is 3.95. The molecule has 0 heterocycles. The minimum absolute atomic E-state index is 0.120. The average Bonchev–Trinajstić information content (AvgIpc) is 2.67. The molecule has 1 N–H and O–H groups in total. The minimum Gasteiger partial charge on any atom is -0.338 e. The summed E-state index contributed by atoms with van der Waals surface area (Å²) in [6, 6.07) is 22.1. The molecule has 0 saturated carbocycles. The van der Waals surface area contributed by atoms with Crippen LogP contribution in [-0.2, 0) is 11.2 Å². The first-order valence-electron chi connectivity index (χ1n) is 8.41. The van der Waals surface area contributed by atoms with Crippen molar-refractivity contribution in [3.05, 3.63) is 106 Å². The quantitative estimate of drug-likeness (QED) is 0.615. The van der Waals surface area contributed by atoms with Gasteiger partial charge in [0, 0.05) is 22.0 Å². The molecule has 0 fully saturated rings. The van der Waals surface area contributed by atoms with E-state index in [-0.39, 0.29) is 18.1 Å². The van der Waals surface area contributed by atoms with Crippen LogP contribution >= 0.6 is 23.2 Å². The Morgan fingerprint density at radius 3 is 2.19 bits per heavy atom. The van der Waals surface area contributed by atoms with Gasteiger partial charge in [-0.05, 0) is 47.5 Å². The molecule has 27 heavy (non-hydrogen) atoms. The van der Waals surface area contributed by atoms with Gasteiger partial charge in [0.2, 0.25) is 0 Å². The highest BCUT2D eigenvalue weighted by molar-refractivity contribution is 6.31. The van der Waals surface area contributed by atoms with Crippen molar-refractivity contribution in [2.45, 2.75) is 12.5 Å². The Bertz CT molecular complexity index is 940. The van der Waals surface area contributed by atoms with Gasteiger partial charge in [-0.3, -0.25) is 9.59 Å². The van der Waals surface area contributed by atoms with Gasteiger partial charge in [-0.15, -0.1) is 0 Å². The van der Waals surface area contributed by atoms with Crippen LogP contribution in [0.4, 0.5) is 0 Å². The number of carbonyl (C=O) groups excluding carboxylic acids is 2. The van der Waals surface area contributed by atoms with Crippen molar-refractivity contribution in [1.82, 2.24) is 5.32 Å². The normalized spacial score (nSPS) is 11.6. The third-order valence-corrected chi connectivity index (χ3v) is 4.59. The van der Waals surface area contributed by atoms with Crippen LogP contribution < -0.4 is 5.32 Å². The number of Topliss-reactive ketones (excluding diaryl/α,β-unsaturated/α-hetero) is 1. The summed E-state index contributed by atoms with van der Waals surface area (Å²) < 4.78 is 0. The third kappa shape index (κ3) is 5.19. The maximum atomic E-state index is 13.0. The molecular formula is C22H17Cl2NO2. The van der Waals surface area contributed by atoms with Crippen LogP contribution in [0.5, 0.6) is 0 Å². The molecule has 5 heteroatoms. The van der Waals surface area contributed by atoms with Gasteiger partial charge in [0.15, 0.2) is 5.78 Å². The zero-order valence-corrected chi connectivity index (χ0v) is 15.9. The van der Waals surface area contributed by atoms with E-state index in [1.807, 2.05) is 36.4 Å². The fraction of sp³-hybridized carbons (Fsp3) is 0.0909. The SMILES string of the molecule is O=C(NC(C(=O)Cc1cccc(Cl)c1)c1ccccc1)c1ccc(Cl)cc1. The molecule has 0 aliphatic carbocycles. The molecule has 0 spiro atoms. The first kappa shape index (κ1) is 19.2. The molecule has 0 saturated heterocycles. The summed E-state index contributed by atoms with van der Waals surface area (Å²) in [5.41, 5.74) is 1.97. The summed E-state index contributed by atoms with van der Waals surface area (Å²) in [6.07, 6.45) is 0.168. The number of carbonyl (C=O) groups is 2. The van der Waals surface area contributed by atoms with Crippen molar-refractivity contribution in [2.75, 3.05) is 0 Å². The number of hydrogen-bond donors (Lipinski definition) is 1. The molecule has 3 nitrogen and oxygen atoms in total. The highest BCUT2D eigenvalue weighted by Crippen LogP contribution is 2.19. The van der Waals surface area contributed by atoms with Crippen LogP contribution in [0.15, 0.2) is 78.9 Å². The Balaban J connectivity index is 1.83. The van der Waals surface area contributed by atoms with Gasteiger partial charge in [0.25, 0.3) is 5.91 Å². The molecule has 0 bridgehead atoms. The van der Waals surface area contributed by atoms with Gasteiger partial charge in [-0.1, -0.05) is 65.7 Å². The van der Waals surface area contributed by atoms with E-state index in [1.165, 1.54) is 0 Å². The number of rotatable bonds is 6. The first-order chi connectivity index (χ1) is 13.0. The molecule has 0 radical (unpaired) electrons. The molecule has 1 unspecified atom stereocenters. The molecule has 0 aliphatic heterocycles. The standard InChI is InChI=1S/C22H17Cl2NO2/c23-18-11-9-17(10-12-18)22(27)25-21(16-6-2-1-3-7-16)20(26)14-15-5-4-8-19(24)13-15/h1-13,21H,14H2,(H,25,27). The summed E-state index contributed by atoms with van der Waals surface area (Å²) in [7, 11) is 0. The third-order valence-electron chi connectivity index (χ3n) is 4.10. The van der Waals surface area contributed by atoms with Crippen molar-refractivity contribution in [2.24, 2.45) is 0 Å². The van der Waals surface area contributed by atoms with Gasteiger partial charge in [-0.25, -0.2) is 0 Å². The van der Waals surface area contributed by atoms with E-state index >= 15 is 0 Å². The van der Waals surface area contributed by atoms with Gasteiger partial charge in [-0.2, -0.15) is 0 Å². The Labute approximate surface area is 167 Å². The zero-order chi connectivity index (χ0) is 19.2. The lowest BCUT2D eigenvalue weighted by atomic mass is 9.97. The summed E-state index contributed by atoms with van der Waals surface area (Å²) in [5.74, 6) is -0.453. The van der Waals surface area contributed by atoms with Gasteiger partial charge < -0.3 is 5.32 Å². The highest BCUT2D eigenvalue weighted by atomic mass is 35.5. The Morgan fingerprint density at radius 1 is 0.815 bits per heavy atom. The molecule has 3 aromatic carbocycles. The monoisotopic (exact) mass is 397 g/mol. The number of hydrogen-bond acceptors (Lipinski definition) is 2. The summed E-state index contributed by atoms with van der Waals surface area (Å²) >= 11 is 11.9. The van der Waals surface area contributed by atoms with Crippen molar-refractivity contribution in [3.63, 3.8) is 0 Å². The molecular weight excluding hydrogens is 381 g/mol. The van der Waals surface area contributed by atoms with Crippen LogP contribution in [0.2, 0.25) is 10.0 Å². The number of ketones is 1. The Kier molecular flexibility index (Phi) is 6.28. The van der Waals surface area contributed by atoms with Gasteiger partial charge >= 0.3 is 0 Å². The lowest BCUT2D eigenvalue weighted by Gasteiger charge is -2.18. The zero-order valence-electron chi connectivity index (χ0n) is 14.4. The lowest BCUT2D eigenvalue weighted by molar-refractivity contribution is -0.120. The number of benzene rings is 3. The van der Waals surface area contributed by atoms with Crippen molar-refractivity contribution < 1.29 is 9.59 Å². The van der Waals surface area contributed by atoms with E-state index in [1.54, 1.807) is 42.5 Å². The molecule has 0 aromatic heterocycles. The second kappa shape index (κ2) is 8.85. The Morgan fingerprint density at radius 2 is 1.52 bits per heavy atom. The Hall–Kier alpha value is -2.62. The van der Waals surface area contributed by atoms with Crippen LogP contribution in [0.3, 0.4) is 0 Å². The summed E-state index contributed by atoms with van der Waals surface area (Å²) in [6.45, 7) is 0. The second-order valence-corrected chi connectivity index (χ2v) is 6.97. The first-order valence-corrected chi connectivity index (χ1v) is 9.17. The highest BCUT2D eigenvalue weighted by Gasteiger charge is 2.23. The predicted molar refractivity (Wildman–Crippen MR) is 108 cm³/mol. The lowest BCUT2D eigenvalue weighted by Crippen LogP contribution is -2.34. The molecule has 3 aromatic rings. The minimum atomic E-state index is -0.756. The van der Waals surface area contributed by atoms with Crippen LogP contribution in [-0.4, -0.2) is 11.7 Å². The van der Waals surface area contributed by atoms with Crippen molar-refractivity contribution >= 4 is 34.9 Å². The van der Waals surface area contributed by atoms with Crippen molar-refractivity contribution in [1.29, 1.82) is 0 Å². The molecule has 1 amide bonds. The number of nitrogens with one attached hydrogen (secondary N) is 1. The fourth-order valence-corrected chi connectivity index (χ4v) is 3.10. The number of halogens is 2. The smallest absolute Gasteiger partial charge is 0.252 e. The van der Waals surface area contributed by atoms with Gasteiger partial charge in [0.05, 0.1) is 0 Å². The topological polar surface area (TPSA) is 46.2 Å². The van der Waals surface area contributed by atoms with E-state index in [4.69, 9.17) is 23.2 Å². The fourth-order valence-electron chi connectivity index (χ4n) is 2.76. The maximum Gasteiger partial charge on any atom is 0.252 e. The largest absolute Gasteiger partial charge is 0.338 e. The van der Waals surface area contributed by atoms with Crippen LogP contribution in [0, 0.1) is 0 Å². The van der Waals surface area contributed by atoms with Crippen LogP contribution in [0.25, 0.3) is 0 Å². The molecule has 0 aliphatic rings. The molecule has 136 valence electrons. The molecule has 1 atom stereocenters.